The van der Waals surface area contributed by atoms with Gasteiger partial charge >= 0.3 is 12.1 Å². The highest BCUT2D eigenvalue weighted by Crippen LogP contribution is 2.27. The summed E-state index contributed by atoms with van der Waals surface area (Å²) in [6.45, 7) is 8.27. The maximum atomic E-state index is 12.2. The summed E-state index contributed by atoms with van der Waals surface area (Å²) in [5.74, 6) is -0.494. The molecule has 1 aliphatic rings. The molecule has 0 aliphatic carbocycles. The number of nitrogens with zero attached hydrogens (tertiary/aromatic N) is 2. The number of fused-ring (bicyclic) bond motifs is 1. The zero-order chi connectivity index (χ0) is 17.2. The Labute approximate surface area is 140 Å². The third kappa shape index (κ3) is 4.34. The summed E-state index contributed by atoms with van der Waals surface area (Å²) in [5.41, 5.74) is 1.12. The second-order valence-corrected chi connectivity index (χ2v) is 6.69. The molecule has 0 radical (unpaired) electrons. The summed E-state index contributed by atoms with van der Waals surface area (Å²) in [6.07, 6.45) is 0.135. The molecule has 7 heteroatoms. The van der Waals surface area contributed by atoms with Gasteiger partial charge in [-0.3, -0.25) is 0 Å². The van der Waals surface area contributed by atoms with Crippen LogP contribution < -0.4 is 0 Å². The van der Waals surface area contributed by atoms with Crippen LogP contribution in [0.15, 0.2) is 6.07 Å². The van der Waals surface area contributed by atoms with E-state index in [0.29, 0.717) is 24.5 Å². The number of pyridine rings is 1. The van der Waals surface area contributed by atoms with E-state index >= 15 is 0 Å². The van der Waals surface area contributed by atoms with Crippen LogP contribution in [0, 0.1) is 0 Å². The minimum Gasteiger partial charge on any atom is -0.461 e. The Morgan fingerprint density at radius 1 is 1.39 bits per heavy atom. The Morgan fingerprint density at radius 2 is 2.09 bits per heavy atom. The molecule has 2 heterocycles. The average Bonchev–Trinajstić information content (AvgIpc) is 2.45. The molecule has 1 aromatic heterocycles. The molecule has 1 amide bonds. The monoisotopic (exact) mass is 340 g/mol. The van der Waals surface area contributed by atoms with Gasteiger partial charge in [-0.1, -0.05) is 11.6 Å². The van der Waals surface area contributed by atoms with Crippen LogP contribution in [0.5, 0.6) is 0 Å². The molecule has 6 nitrogen and oxygen atoms in total. The minimum atomic E-state index is -0.548. The third-order valence-corrected chi connectivity index (χ3v) is 3.60. The molecule has 0 aromatic carbocycles. The van der Waals surface area contributed by atoms with Crippen LogP contribution in [0.3, 0.4) is 0 Å². The van der Waals surface area contributed by atoms with Crippen LogP contribution in [0.1, 0.15) is 49.4 Å². The van der Waals surface area contributed by atoms with E-state index in [0.717, 1.165) is 11.3 Å². The predicted octanol–water partition coefficient (Wildman–Crippen LogP) is 3.20. The topological polar surface area (TPSA) is 68.7 Å². The second kappa shape index (κ2) is 6.74. The maximum absolute atomic E-state index is 12.2. The number of halogens is 1. The Bertz CT molecular complexity index is 625. The predicted molar refractivity (Wildman–Crippen MR) is 85.6 cm³/mol. The van der Waals surface area contributed by atoms with E-state index in [1.165, 1.54) is 6.07 Å². The van der Waals surface area contributed by atoms with Gasteiger partial charge in [-0.05, 0) is 33.8 Å². The van der Waals surface area contributed by atoms with Gasteiger partial charge in [0.1, 0.15) is 11.3 Å². The lowest BCUT2D eigenvalue weighted by molar-refractivity contribution is 0.0221. The molecular formula is C16H21ClN2O4. The molecule has 0 N–H and O–H groups in total. The first-order chi connectivity index (χ1) is 10.7. The highest BCUT2D eigenvalue weighted by molar-refractivity contribution is 6.31. The van der Waals surface area contributed by atoms with Crippen LogP contribution in [0.4, 0.5) is 4.79 Å². The van der Waals surface area contributed by atoms with Gasteiger partial charge in [-0.15, -0.1) is 0 Å². The second-order valence-electron chi connectivity index (χ2n) is 6.29. The molecule has 0 atom stereocenters. The van der Waals surface area contributed by atoms with E-state index < -0.39 is 11.6 Å². The molecular weight excluding hydrogens is 320 g/mol. The molecule has 0 fully saturated rings. The zero-order valence-corrected chi connectivity index (χ0v) is 14.6. The molecule has 0 spiro atoms. The molecule has 0 bridgehead atoms. The molecule has 2 rings (SSSR count). The van der Waals surface area contributed by atoms with Crippen molar-refractivity contribution >= 4 is 23.7 Å². The van der Waals surface area contributed by atoms with Gasteiger partial charge < -0.3 is 14.4 Å². The number of carbonyl (C=O) groups is 2. The Hall–Kier alpha value is -1.82. The SMILES string of the molecule is CCOC(=O)c1cc(Cl)c2c(n1)CCN(C(=O)OC(C)(C)C)C2. The first-order valence-electron chi connectivity index (χ1n) is 7.54. The number of hydrogen-bond donors (Lipinski definition) is 0. The summed E-state index contributed by atoms with van der Waals surface area (Å²) in [5, 5.41) is 0.409. The molecule has 126 valence electrons. The van der Waals surface area contributed by atoms with Crippen LogP contribution in [-0.2, 0) is 22.4 Å². The number of ether oxygens (including phenoxy) is 2. The number of hydrogen-bond acceptors (Lipinski definition) is 5. The van der Waals surface area contributed by atoms with Gasteiger partial charge in [0.15, 0.2) is 0 Å². The van der Waals surface area contributed by atoms with Crippen LogP contribution in [-0.4, -0.2) is 40.7 Å². The molecule has 1 aromatic rings. The van der Waals surface area contributed by atoms with Crippen molar-refractivity contribution in [3.63, 3.8) is 0 Å². The number of rotatable bonds is 2. The lowest BCUT2D eigenvalue weighted by atomic mass is 10.1. The van der Waals surface area contributed by atoms with Crippen LogP contribution in [0.2, 0.25) is 5.02 Å². The van der Waals surface area contributed by atoms with Crippen molar-refractivity contribution < 1.29 is 19.1 Å². The summed E-state index contributed by atoms with van der Waals surface area (Å²) in [7, 11) is 0. The van der Waals surface area contributed by atoms with Crippen molar-refractivity contribution in [1.29, 1.82) is 0 Å². The first kappa shape index (κ1) is 17.5. The van der Waals surface area contributed by atoms with Crippen molar-refractivity contribution in [1.82, 2.24) is 9.88 Å². The summed E-state index contributed by atoms with van der Waals surface area (Å²) in [4.78, 5) is 29.9. The quantitative estimate of drug-likeness (QED) is 0.773. The summed E-state index contributed by atoms with van der Waals surface area (Å²) >= 11 is 6.27. The molecule has 1 aliphatic heterocycles. The van der Waals surface area contributed by atoms with Gasteiger partial charge in [0.2, 0.25) is 0 Å². The highest BCUT2D eigenvalue weighted by atomic mass is 35.5. The molecule has 0 saturated heterocycles. The largest absolute Gasteiger partial charge is 0.461 e. The lowest BCUT2D eigenvalue weighted by Gasteiger charge is -2.31. The van der Waals surface area contributed by atoms with Gasteiger partial charge in [-0.2, -0.15) is 0 Å². The fraction of sp³-hybridized carbons (Fsp3) is 0.562. The van der Waals surface area contributed by atoms with Crippen LogP contribution in [0.25, 0.3) is 0 Å². The fourth-order valence-electron chi connectivity index (χ4n) is 2.27. The Balaban J connectivity index is 2.19. The van der Waals surface area contributed by atoms with Crippen molar-refractivity contribution in [2.24, 2.45) is 0 Å². The summed E-state index contributed by atoms with van der Waals surface area (Å²) in [6, 6.07) is 1.48. The zero-order valence-electron chi connectivity index (χ0n) is 13.8. The van der Waals surface area contributed by atoms with Crippen molar-refractivity contribution in [3.05, 3.63) is 28.0 Å². The number of carbonyl (C=O) groups excluding carboxylic acids is 2. The third-order valence-electron chi connectivity index (χ3n) is 3.26. The van der Waals surface area contributed by atoms with E-state index in [2.05, 4.69) is 4.98 Å². The van der Waals surface area contributed by atoms with Crippen molar-refractivity contribution in [3.8, 4) is 0 Å². The first-order valence-corrected chi connectivity index (χ1v) is 7.92. The van der Waals surface area contributed by atoms with E-state index in [-0.39, 0.29) is 18.4 Å². The molecule has 0 saturated carbocycles. The number of amides is 1. The van der Waals surface area contributed by atoms with Gasteiger partial charge in [0.25, 0.3) is 0 Å². The van der Waals surface area contributed by atoms with Crippen molar-refractivity contribution in [2.75, 3.05) is 13.2 Å². The molecule has 23 heavy (non-hydrogen) atoms. The fourth-order valence-corrected chi connectivity index (χ4v) is 2.54. The summed E-state index contributed by atoms with van der Waals surface area (Å²) < 4.78 is 10.3. The Kier molecular flexibility index (Phi) is 5.14. The standard InChI is InChI=1S/C16H21ClN2O4/c1-5-22-14(20)13-8-11(17)10-9-19(7-6-12(10)18-13)15(21)23-16(2,3)4/h8H,5-7,9H2,1-4H3. The Morgan fingerprint density at radius 3 is 2.70 bits per heavy atom. The molecule has 0 unspecified atom stereocenters. The van der Waals surface area contributed by atoms with Crippen molar-refractivity contribution in [2.45, 2.75) is 46.3 Å². The maximum Gasteiger partial charge on any atom is 0.410 e. The van der Waals surface area contributed by atoms with Gasteiger partial charge in [0.05, 0.1) is 13.2 Å². The van der Waals surface area contributed by atoms with E-state index in [9.17, 15) is 9.59 Å². The highest BCUT2D eigenvalue weighted by Gasteiger charge is 2.28. The van der Waals surface area contributed by atoms with Gasteiger partial charge in [0, 0.05) is 29.2 Å². The van der Waals surface area contributed by atoms with E-state index in [1.807, 2.05) is 20.8 Å². The number of esters is 1. The van der Waals surface area contributed by atoms with Crippen LogP contribution >= 0.6 is 11.6 Å². The van der Waals surface area contributed by atoms with E-state index in [1.54, 1.807) is 11.8 Å². The van der Waals surface area contributed by atoms with Gasteiger partial charge in [-0.25, -0.2) is 14.6 Å². The smallest absolute Gasteiger partial charge is 0.410 e. The average molecular weight is 341 g/mol. The van der Waals surface area contributed by atoms with E-state index in [4.69, 9.17) is 21.1 Å². The number of aromatic nitrogens is 1. The minimum absolute atomic E-state index is 0.196. The lowest BCUT2D eigenvalue weighted by Crippen LogP contribution is -2.40. The normalized spacial score (nSPS) is 14.2.